The first-order chi connectivity index (χ1) is 3.73. The monoisotopic (exact) mass is 328 g/mol. The van der Waals surface area contributed by atoms with Crippen molar-refractivity contribution < 1.29 is 19.2 Å². The predicted octanol–water partition coefficient (Wildman–Crippen LogP) is -0.150. The van der Waals surface area contributed by atoms with Gasteiger partial charge in [-0.3, -0.25) is 0 Å². The van der Waals surface area contributed by atoms with Crippen molar-refractivity contribution in [2.24, 2.45) is 0 Å². The summed E-state index contributed by atoms with van der Waals surface area (Å²) in [5.74, 6) is 0. The van der Waals surface area contributed by atoms with Gasteiger partial charge in [-0.1, -0.05) is 5.57 Å². The molecular formula is C4H15BaO4PS. The van der Waals surface area contributed by atoms with Crippen molar-refractivity contribution in [3.05, 3.63) is 12.2 Å². The zero-order chi connectivity index (χ0) is 8.08. The van der Waals surface area contributed by atoms with Crippen molar-refractivity contribution in [3.8, 4) is 0 Å². The molecule has 0 saturated carbocycles. The Bertz CT molecular complexity index is 122. The van der Waals surface area contributed by atoms with Crippen LogP contribution in [-0.2, 0) is 4.57 Å². The first kappa shape index (κ1) is 23.0. The fraction of sp³-hybridized carbons (Fsp3) is 0.500. The molecule has 11 heavy (non-hydrogen) atoms. The zero-order valence-corrected chi connectivity index (χ0v) is 7.80. The molecule has 0 spiro atoms. The summed E-state index contributed by atoms with van der Waals surface area (Å²) in [6, 6.07) is 0. The first-order valence-corrected chi connectivity index (χ1v) is 3.70. The molecule has 7 heteroatoms. The van der Waals surface area contributed by atoms with E-state index in [0.717, 1.165) is 0 Å². The molecule has 4 nitrogen and oxygen atoms in total. The van der Waals surface area contributed by atoms with Gasteiger partial charge in [0.05, 0.1) is 0 Å². The van der Waals surface area contributed by atoms with Crippen LogP contribution in [0, 0.1) is 0 Å². The van der Waals surface area contributed by atoms with Gasteiger partial charge in [0, 0.05) is 0 Å². The number of hydrogen-bond donors (Lipinski definition) is 3. The van der Waals surface area contributed by atoms with Crippen LogP contribution in [0.25, 0.3) is 0 Å². The van der Waals surface area contributed by atoms with E-state index in [0.29, 0.717) is 0 Å². The van der Waals surface area contributed by atoms with Gasteiger partial charge in [-0.15, -0.1) is 6.58 Å². The van der Waals surface area contributed by atoms with Gasteiger partial charge in [0.25, 0.3) is 0 Å². The summed E-state index contributed by atoms with van der Waals surface area (Å²) < 4.78 is 8.88. The maximum atomic E-state index is 8.88. The van der Waals surface area contributed by atoms with Crippen LogP contribution in [0.15, 0.2) is 12.2 Å². The van der Waals surface area contributed by atoms with Gasteiger partial charge in [0.2, 0.25) is 0 Å². The number of allylic oxidation sites excluding steroid dienone is 1. The second-order valence-electron chi connectivity index (χ2n) is 1.72. The summed E-state index contributed by atoms with van der Waals surface area (Å²) >= 11 is 0. The van der Waals surface area contributed by atoms with Crippen LogP contribution >= 0.6 is 21.3 Å². The van der Waals surface area contributed by atoms with Crippen LogP contribution in [-0.4, -0.2) is 63.6 Å². The topological polar surface area (TPSA) is 77.8 Å². The predicted molar refractivity (Wildman–Crippen MR) is 53.7 cm³/mol. The van der Waals surface area contributed by atoms with Crippen LogP contribution in [0.5, 0.6) is 0 Å². The van der Waals surface area contributed by atoms with Crippen LogP contribution in [0.3, 0.4) is 0 Å². The van der Waals surface area contributed by atoms with E-state index in [-0.39, 0.29) is 62.4 Å². The average Bonchev–Trinajstić information content (AvgIpc) is 1.19. The van der Waals surface area contributed by atoms with E-state index >= 15 is 0 Å². The Morgan fingerprint density at radius 3 is 1.27 bits per heavy atom. The van der Waals surface area contributed by atoms with Gasteiger partial charge in [-0.05, 0) is 13.8 Å². The minimum absolute atomic E-state index is 0. The van der Waals surface area contributed by atoms with Crippen LogP contribution in [0.2, 0.25) is 0 Å². The molecule has 0 aliphatic heterocycles. The third kappa shape index (κ3) is 358. The molecule has 68 valence electrons. The van der Waals surface area contributed by atoms with E-state index in [1.54, 1.807) is 0 Å². The van der Waals surface area contributed by atoms with Gasteiger partial charge in [-0.2, -0.15) is 13.5 Å². The van der Waals surface area contributed by atoms with E-state index in [1.807, 2.05) is 13.8 Å². The van der Waals surface area contributed by atoms with Crippen molar-refractivity contribution in [3.63, 3.8) is 0 Å². The third-order valence-corrected chi connectivity index (χ3v) is 0. The number of rotatable bonds is 0. The van der Waals surface area contributed by atoms with E-state index < -0.39 is 7.82 Å². The molecule has 0 amide bonds. The summed E-state index contributed by atoms with van der Waals surface area (Å²) in [6.07, 6.45) is 0. The van der Waals surface area contributed by atoms with Gasteiger partial charge in [0.15, 0.2) is 0 Å². The van der Waals surface area contributed by atoms with E-state index in [4.69, 9.17) is 19.2 Å². The summed E-state index contributed by atoms with van der Waals surface area (Å²) in [4.78, 5) is 21.6. The molecule has 0 aromatic heterocycles. The number of hydrogen-bond acceptors (Lipinski definition) is 1. The van der Waals surface area contributed by atoms with Crippen molar-refractivity contribution in [1.29, 1.82) is 0 Å². The molecule has 0 radical (unpaired) electrons. The Labute approximate surface area is 114 Å². The zero-order valence-electron chi connectivity index (χ0n) is 5.90. The third-order valence-electron chi connectivity index (χ3n) is 0. The summed E-state index contributed by atoms with van der Waals surface area (Å²) in [5.41, 5.74) is 1.17. The second-order valence-corrected chi connectivity index (χ2v) is 2.75. The average molecular weight is 328 g/mol. The van der Waals surface area contributed by atoms with Crippen molar-refractivity contribution in [2.45, 2.75) is 13.8 Å². The molecule has 0 aromatic rings. The Balaban J connectivity index is -0.0000000383. The molecule has 0 aromatic carbocycles. The van der Waals surface area contributed by atoms with Crippen molar-refractivity contribution in [2.75, 3.05) is 0 Å². The Morgan fingerprint density at radius 2 is 1.27 bits per heavy atom. The van der Waals surface area contributed by atoms with Crippen molar-refractivity contribution in [1.82, 2.24) is 0 Å². The van der Waals surface area contributed by atoms with E-state index in [9.17, 15) is 0 Å². The molecule has 0 heterocycles. The van der Waals surface area contributed by atoms with Crippen LogP contribution < -0.4 is 0 Å². The molecule has 0 saturated heterocycles. The molecule has 0 atom stereocenters. The fourth-order valence-corrected chi connectivity index (χ4v) is 0. The second kappa shape index (κ2) is 11.8. The quantitative estimate of drug-likeness (QED) is 0.328. The SMILES string of the molecule is C=C(C)C.O=P(O)(O)O.S.[BaH2]. The molecular weight excluding hydrogens is 312 g/mol. The van der Waals surface area contributed by atoms with Crippen LogP contribution in [0.4, 0.5) is 0 Å². The molecule has 0 fully saturated rings. The molecule has 0 aliphatic carbocycles. The molecule has 0 aliphatic rings. The Morgan fingerprint density at radius 1 is 1.27 bits per heavy atom. The van der Waals surface area contributed by atoms with Gasteiger partial charge in [-0.25, -0.2) is 4.57 Å². The summed E-state index contributed by atoms with van der Waals surface area (Å²) in [7, 11) is -4.64. The van der Waals surface area contributed by atoms with Gasteiger partial charge >= 0.3 is 56.7 Å². The molecule has 0 rings (SSSR count). The Hall–Kier alpha value is 1.77. The molecule has 0 unspecified atom stereocenters. The van der Waals surface area contributed by atoms with Crippen LogP contribution in [0.1, 0.15) is 13.8 Å². The van der Waals surface area contributed by atoms with Gasteiger partial charge in [0.1, 0.15) is 0 Å². The summed E-state index contributed by atoms with van der Waals surface area (Å²) in [5, 5.41) is 0. The summed E-state index contributed by atoms with van der Waals surface area (Å²) in [6.45, 7) is 7.50. The van der Waals surface area contributed by atoms with Crippen molar-refractivity contribution >= 4 is 70.2 Å². The molecule has 3 N–H and O–H groups in total. The first-order valence-electron chi connectivity index (χ1n) is 2.14. The molecule has 0 bridgehead atoms. The Kier molecular flexibility index (Phi) is 24.6. The van der Waals surface area contributed by atoms with E-state index in [1.165, 1.54) is 5.57 Å². The van der Waals surface area contributed by atoms with Gasteiger partial charge < -0.3 is 14.7 Å². The standard InChI is InChI=1S/C4H8.Ba.H3O4P.H2S.2H/c1-4(2)3;;1-5(2,3)4;;;/h1H2,2-3H3;;(H3,1,2,3,4);1H2;;. The van der Waals surface area contributed by atoms with E-state index in [2.05, 4.69) is 6.58 Å². The number of phosphoric acid groups is 1. The minimum atomic E-state index is -4.64. The maximum absolute atomic E-state index is 8.88. The fourth-order valence-electron chi connectivity index (χ4n) is 0. The normalized spacial score (nSPS) is 7.73.